The van der Waals surface area contributed by atoms with Crippen LogP contribution in [0.3, 0.4) is 0 Å². The topological polar surface area (TPSA) is 70.8 Å². The van der Waals surface area contributed by atoms with Crippen molar-refractivity contribution in [1.29, 1.82) is 0 Å². The summed E-state index contributed by atoms with van der Waals surface area (Å²) in [6.45, 7) is 0.0872. The van der Waals surface area contributed by atoms with Crippen molar-refractivity contribution < 1.29 is 18.4 Å². The lowest BCUT2D eigenvalue weighted by molar-refractivity contribution is -0.0494. The molecule has 2 amide bonds. The summed E-state index contributed by atoms with van der Waals surface area (Å²) in [5.74, 6) is -3.30. The second kappa shape index (κ2) is 8.49. The molecule has 0 radical (unpaired) electrons. The summed E-state index contributed by atoms with van der Waals surface area (Å²) in [6, 6.07) is 12.1. The summed E-state index contributed by atoms with van der Waals surface area (Å²) in [4.78, 5) is 36.2. The molecule has 3 aromatic rings. The molecule has 32 heavy (non-hydrogen) atoms. The van der Waals surface area contributed by atoms with Gasteiger partial charge in [0.15, 0.2) is 0 Å². The first-order valence-electron chi connectivity index (χ1n) is 10.2. The smallest absolute Gasteiger partial charge is 0.278 e. The van der Waals surface area contributed by atoms with Crippen LogP contribution in [0.2, 0.25) is 0 Å². The Morgan fingerprint density at radius 3 is 2.38 bits per heavy atom. The summed E-state index contributed by atoms with van der Waals surface area (Å²) < 4.78 is 28.6. The molecule has 1 fully saturated rings. The van der Waals surface area contributed by atoms with Gasteiger partial charge in [-0.25, -0.2) is 13.8 Å². The second-order valence-electron chi connectivity index (χ2n) is 8.03. The van der Waals surface area contributed by atoms with E-state index >= 15 is 0 Å². The molecule has 2 heterocycles. The number of likely N-dealkylation sites (tertiary alicyclic amines) is 1. The average Bonchev–Trinajstić information content (AvgIpc) is 3.20. The fourth-order valence-electron chi connectivity index (χ4n) is 3.58. The van der Waals surface area contributed by atoms with E-state index in [1.807, 2.05) is 4.57 Å². The Kier molecular flexibility index (Phi) is 5.73. The lowest BCUT2D eigenvalue weighted by atomic mass is 10.1. The maximum atomic E-state index is 13.4. The zero-order chi connectivity index (χ0) is 22.9. The maximum absolute atomic E-state index is 13.4. The number of imidazole rings is 1. The normalized spacial score (nSPS) is 15.9. The maximum Gasteiger partial charge on any atom is 0.278 e. The highest BCUT2D eigenvalue weighted by Gasteiger charge is 2.35. The van der Waals surface area contributed by atoms with E-state index in [0.29, 0.717) is 16.6 Å². The van der Waals surface area contributed by atoms with E-state index in [-0.39, 0.29) is 37.7 Å². The summed E-state index contributed by atoms with van der Waals surface area (Å²) in [6.07, 6.45) is 2.47. The predicted molar refractivity (Wildman–Crippen MR) is 118 cm³/mol. The number of hydrogen-bond donors (Lipinski definition) is 0. The number of nitrogens with zero attached hydrogens (tertiary/aromatic N) is 5. The first-order valence-corrected chi connectivity index (χ1v) is 10.2. The molecule has 1 saturated heterocycles. The molecule has 1 aromatic heterocycles. The van der Waals surface area contributed by atoms with E-state index in [1.165, 1.54) is 11.2 Å². The van der Waals surface area contributed by atoms with Gasteiger partial charge in [-0.1, -0.05) is 0 Å². The summed E-state index contributed by atoms with van der Waals surface area (Å²) >= 11 is 0. The quantitative estimate of drug-likeness (QED) is 0.460. The van der Waals surface area contributed by atoms with Crippen molar-refractivity contribution in [2.45, 2.75) is 18.8 Å². The van der Waals surface area contributed by atoms with Crippen LogP contribution in [0.5, 0.6) is 0 Å². The van der Waals surface area contributed by atoms with E-state index in [4.69, 9.17) is 0 Å². The van der Waals surface area contributed by atoms with Crippen LogP contribution in [-0.2, 0) is 0 Å². The molecule has 9 heteroatoms. The van der Waals surface area contributed by atoms with Gasteiger partial charge in [0, 0.05) is 56.8 Å². The van der Waals surface area contributed by atoms with Gasteiger partial charge in [0.05, 0.1) is 17.4 Å². The molecule has 0 atom stereocenters. The van der Waals surface area contributed by atoms with Crippen LogP contribution in [0.1, 0.15) is 33.6 Å². The Labute approximate surface area is 184 Å². The fraction of sp³-hybridized carbons (Fsp3) is 0.304. The summed E-state index contributed by atoms with van der Waals surface area (Å²) in [7, 11) is 3.57. The van der Waals surface area contributed by atoms with Crippen molar-refractivity contribution in [2.75, 3.05) is 27.2 Å². The number of rotatable bonds is 4. The van der Waals surface area contributed by atoms with Crippen LogP contribution in [0, 0.1) is 0 Å². The van der Waals surface area contributed by atoms with Crippen LogP contribution >= 0.6 is 0 Å². The van der Waals surface area contributed by atoms with Gasteiger partial charge in [0.25, 0.3) is 17.7 Å². The zero-order valence-corrected chi connectivity index (χ0v) is 17.8. The molecule has 7 nitrogen and oxygen atoms in total. The van der Waals surface area contributed by atoms with Gasteiger partial charge in [-0.2, -0.15) is 4.99 Å². The SMILES string of the molecule is CN(C)/C=N/C(=O)c1ccc(-n2cnc3cc(C(=O)N4CCC(F)(F)CC4)ccc32)cc1. The van der Waals surface area contributed by atoms with Crippen LogP contribution in [0.4, 0.5) is 8.78 Å². The van der Waals surface area contributed by atoms with Gasteiger partial charge >= 0.3 is 0 Å². The van der Waals surface area contributed by atoms with Crippen molar-refractivity contribution in [2.24, 2.45) is 4.99 Å². The van der Waals surface area contributed by atoms with Crippen molar-refractivity contribution >= 4 is 29.2 Å². The van der Waals surface area contributed by atoms with Gasteiger partial charge in [-0.05, 0) is 42.5 Å². The third-order valence-electron chi connectivity index (χ3n) is 5.37. The van der Waals surface area contributed by atoms with E-state index in [9.17, 15) is 18.4 Å². The zero-order valence-electron chi connectivity index (χ0n) is 17.8. The van der Waals surface area contributed by atoms with Crippen LogP contribution in [-0.4, -0.2) is 70.6 Å². The number of carbonyl (C=O) groups is 2. The number of piperidine rings is 1. The van der Waals surface area contributed by atoms with Crippen LogP contribution < -0.4 is 0 Å². The Hall–Kier alpha value is -3.62. The monoisotopic (exact) mass is 439 g/mol. The number of aliphatic imine (C=N–C) groups is 1. The van der Waals surface area contributed by atoms with E-state index in [0.717, 1.165) is 11.2 Å². The molecule has 1 aliphatic rings. The Bertz CT molecular complexity index is 1170. The number of hydrogen-bond acceptors (Lipinski definition) is 3. The number of halogens is 2. The molecular formula is C23H23F2N5O2. The lowest BCUT2D eigenvalue weighted by Gasteiger charge is -2.31. The van der Waals surface area contributed by atoms with E-state index in [1.54, 1.807) is 67.8 Å². The van der Waals surface area contributed by atoms with E-state index < -0.39 is 5.92 Å². The standard InChI is InChI=1S/C23H23F2N5O2/c1-28(2)14-27-21(31)16-3-6-18(7-4-16)30-15-26-19-13-17(5-8-20(19)30)22(32)29-11-9-23(24,25)10-12-29/h3-8,13-15H,9-12H2,1-2H3/b27-14+. The molecule has 0 unspecified atom stereocenters. The molecule has 2 aromatic carbocycles. The third kappa shape index (κ3) is 4.51. The highest BCUT2D eigenvalue weighted by molar-refractivity contribution is 5.99. The molecule has 166 valence electrons. The first kappa shape index (κ1) is 21.6. The molecule has 4 rings (SSSR count). The largest absolute Gasteiger partial charge is 0.369 e. The number of alkyl halides is 2. The minimum atomic E-state index is -2.70. The fourth-order valence-corrected chi connectivity index (χ4v) is 3.58. The molecule has 0 aliphatic carbocycles. The van der Waals surface area contributed by atoms with Gasteiger partial charge in [-0.15, -0.1) is 0 Å². The molecule has 0 spiro atoms. The third-order valence-corrected chi connectivity index (χ3v) is 5.37. The highest BCUT2D eigenvalue weighted by Crippen LogP contribution is 2.29. The van der Waals surface area contributed by atoms with Crippen molar-refractivity contribution in [3.05, 3.63) is 59.9 Å². The highest BCUT2D eigenvalue weighted by atomic mass is 19.3. The minimum absolute atomic E-state index is 0.0436. The molecule has 0 bridgehead atoms. The predicted octanol–water partition coefficient (Wildman–Crippen LogP) is 3.63. The van der Waals surface area contributed by atoms with Crippen molar-refractivity contribution in [3.8, 4) is 5.69 Å². The van der Waals surface area contributed by atoms with Crippen molar-refractivity contribution in [3.63, 3.8) is 0 Å². The number of fused-ring (bicyclic) bond motifs is 1. The summed E-state index contributed by atoms with van der Waals surface area (Å²) in [5, 5.41) is 0. The first-order chi connectivity index (χ1) is 15.2. The Morgan fingerprint density at radius 1 is 1.06 bits per heavy atom. The number of carbonyl (C=O) groups excluding carboxylic acids is 2. The number of amides is 2. The second-order valence-corrected chi connectivity index (χ2v) is 8.03. The Balaban J connectivity index is 1.53. The van der Waals surface area contributed by atoms with Crippen LogP contribution in [0.25, 0.3) is 16.7 Å². The van der Waals surface area contributed by atoms with Gasteiger partial charge in [-0.3, -0.25) is 14.2 Å². The van der Waals surface area contributed by atoms with E-state index in [2.05, 4.69) is 9.98 Å². The van der Waals surface area contributed by atoms with Crippen molar-refractivity contribution in [1.82, 2.24) is 19.4 Å². The molecule has 0 N–H and O–H groups in total. The number of aromatic nitrogens is 2. The van der Waals surface area contributed by atoms with Gasteiger partial charge in [0.2, 0.25) is 0 Å². The lowest BCUT2D eigenvalue weighted by Crippen LogP contribution is -2.42. The Morgan fingerprint density at radius 2 is 1.72 bits per heavy atom. The van der Waals surface area contributed by atoms with Gasteiger partial charge < -0.3 is 9.80 Å². The minimum Gasteiger partial charge on any atom is -0.369 e. The number of benzene rings is 2. The van der Waals surface area contributed by atoms with Gasteiger partial charge in [0.1, 0.15) is 6.33 Å². The average molecular weight is 439 g/mol. The molecule has 1 aliphatic heterocycles. The molecule has 0 saturated carbocycles. The van der Waals surface area contributed by atoms with Crippen LogP contribution in [0.15, 0.2) is 53.8 Å². The summed E-state index contributed by atoms with van der Waals surface area (Å²) in [5.41, 5.74) is 3.10. The molecular weight excluding hydrogens is 416 g/mol.